The number of thiazole rings is 1. The maximum atomic E-state index is 10.4. The molecule has 13 heteroatoms. The molecule has 0 spiro atoms. The lowest BCUT2D eigenvalue weighted by Gasteiger charge is -2.01. The average Bonchev–Trinajstić information content (AvgIpc) is 3.22. The minimum atomic E-state index is -1.21. The van der Waals surface area contributed by atoms with Crippen LogP contribution in [0.25, 0.3) is 21.3 Å². The summed E-state index contributed by atoms with van der Waals surface area (Å²) in [5.41, 5.74) is 0.774. The minimum absolute atomic E-state index is 0.447. The van der Waals surface area contributed by atoms with E-state index in [0.29, 0.717) is 12.1 Å². The Balaban J connectivity index is 0.000000181. The van der Waals surface area contributed by atoms with Crippen LogP contribution in [0.5, 0.6) is 5.75 Å². The molecule has 0 unspecified atom stereocenters. The molecule has 12 nitrogen and oxygen atoms in total. The van der Waals surface area contributed by atoms with Crippen LogP contribution in [0.1, 0.15) is 17.5 Å². The van der Waals surface area contributed by atoms with Gasteiger partial charge in [0.05, 0.1) is 37.4 Å². The summed E-state index contributed by atoms with van der Waals surface area (Å²) in [5, 5.41) is 42.7. The Bertz CT molecular complexity index is 1360. The number of rotatable bonds is 4. The molecular formula is C19H17N5O7S. The Morgan fingerprint density at radius 2 is 1.59 bits per heavy atom. The summed E-state index contributed by atoms with van der Waals surface area (Å²) in [7, 11) is 0. The van der Waals surface area contributed by atoms with E-state index in [1.54, 1.807) is 11.3 Å². The van der Waals surface area contributed by atoms with Gasteiger partial charge < -0.3 is 9.67 Å². The molecule has 0 amide bonds. The van der Waals surface area contributed by atoms with Crippen molar-refractivity contribution in [2.75, 3.05) is 0 Å². The second kappa shape index (κ2) is 8.55. The third kappa shape index (κ3) is 4.05. The zero-order chi connectivity index (χ0) is 23.7. The molecule has 2 heterocycles. The van der Waals surface area contributed by atoms with Crippen molar-refractivity contribution in [1.29, 1.82) is 0 Å². The van der Waals surface area contributed by atoms with Gasteiger partial charge in [0.25, 0.3) is 11.4 Å². The number of fused-ring (bicyclic) bond motifs is 3. The van der Waals surface area contributed by atoms with Crippen molar-refractivity contribution < 1.29 is 19.9 Å². The number of benzene rings is 2. The van der Waals surface area contributed by atoms with E-state index in [0.717, 1.165) is 11.6 Å². The molecule has 1 N–H and O–H groups in total. The summed E-state index contributed by atoms with van der Waals surface area (Å²) in [6.45, 7) is 7.40. The van der Waals surface area contributed by atoms with Crippen molar-refractivity contribution in [2.24, 2.45) is 0 Å². The standard InChI is InChI=1S/C13H14N2S.C6H3N3O7/c1-4-15-11-6-5-8(2)7-10(11)12-13(15)16-9(3)14-12;10-6-4(8(13)14)1-3(7(11)12)2-5(6)9(15)16/h5-7H,4H2,1-3H3;1-2,10H. The van der Waals surface area contributed by atoms with Gasteiger partial charge in [-0.15, -0.1) is 11.3 Å². The first-order valence-electron chi connectivity index (χ1n) is 9.21. The fourth-order valence-electron chi connectivity index (χ4n) is 3.25. The topological polar surface area (TPSA) is 167 Å². The maximum absolute atomic E-state index is 10.4. The molecule has 0 bridgehead atoms. The number of phenols is 1. The molecule has 4 rings (SSSR count). The molecular weight excluding hydrogens is 442 g/mol. The van der Waals surface area contributed by atoms with E-state index < -0.39 is 37.6 Å². The second-order valence-corrected chi connectivity index (χ2v) is 7.94. The molecule has 0 aliphatic heterocycles. The number of nitrogens with zero attached hydrogens (tertiary/aromatic N) is 5. The van der Waals surface area contributed by atoms with Crippen LogP contribution in [0.3, 0.4) is 0 Å². The van der Waals surface area contributed by atoms with Gasteiger partial charge in [-0.05, 0) is 32.9 Å². The third-order valence-electron chi connectivity index (χ3n) is 4.63. The second-order valence-electron chi connectivity index (χ2n) is 6.76. The predicted octanol–water partition coefficient (Wildman–Crippen LogP) is 5.00. The van der Waals surface area contributed by atoms with Gasteiger partial charge in [-0.1, -0.05) is 11.6 Å². The SMILES string of the molecule is CCn1c2ccc(C)cc2c2nc(C)sc21.O=[N+]([O-])c1cc([N+](=O)[O-])c(O)c([N+](=O)[O-])c1. The van der Waals surface area contributed by atoms with Gasteiger partial charge in [0.15, 0.2) is 0 Å². The molecule has 0 saturated heterocycles. The number of phenolic OH excluding ortho intramolecular Hbond substituents is 1. The molecule has 0 aliphatic rings. The number of hydrogen-bond donors (Lipinski definition) is 1. The van der Waals surface area contributed by atoms with Crippen LogP contribution in [0.2, 0.25) is 0 Å². The quantitative estimate of drug-likeness (QED) is 0.328. The van der Waals surface area contributed by atoms with Crippen LogP contribution >= 0.6 is 11.3 Å². The van der Waals surface area contributed by atoms with E-state index in [1.807, 2.05) is 0 Å². The number of aromatic hydroxyl groups is 1. The van der Waals surface area contributed by atoms with Crippen molar-refractivity contribution in [3.05, 3.63) is 71.2 Å². The van der Waals surface area contributed by atoms with Gasteiger partial charge >= 0.3 is 11.4 Å². The lowest BCUT2D eigenvalue weighted by Crippen LogP contribution is -1.97. The Labute approximate surface area is 183 Å². The Morgan fingerprint density at radius 3 is 2.09 bits per heavy atom. The van der Waals surface area contributed by atoms with E-state index in [2.05, 4.69) is 48.5 Å². The number of hydrogen-bond acceptors (Lipinski definition) is 9. The predicted molar refractivity (Wildman–Crippen MR) is 118 cm³/mol. The van der Waals surface area contributed by atoms with Crippen LogP contribution in [-0.4, -0.2) is 29.4 Å². The Kier molecular flexibility index (Phi) is 6.02. The number of aryl methyl sites for hydroxylation is 3. The smallest absolute Gasteiger partial charge is 0.324 e. The van der Waals surface area contributed by atoms with E-state index >= 15 is 0 Å². The van der Waals surface area contributed by atoms with Crippen LogP contribution in [0.4, 0.5) is 17.1 Å². The van der Waals surface area contributed by atoms with Crippen LogP contribution in [0, 0.1) is 44.2 Å². The van der Waals surface area contributed by atoms with E-state index in [1.165, 1.54) is 26.8 Å². The van der Waals surface area contributed by atoms with Gasteiger partial charge in [0.1, 0.15) is 10.3 Å². The summed E-state index contributed by atoms with van der Waals surface area (Å²) >= 11 is 1.79. The van der Waals surface area contributed by atoms with Gasteiger partial charge in [0.2, 0.25) is 0 Å². The highest BCUT2D eigenvalue weighted by Crippen LogP contribution is 2.39. The zero-order valence-corrected chi connectivity index (χ0v) is 18.0. The van der Waals surface area contributed by atoms with Crippen LogP contribution in [-0.2, 0) is 6.54 Å². The molecule has 0 saturated carbocycles. The normalized spacial score (nSPS) is 10.7. The van der Waals surface area contributed by atoms with Crippen molar-refractivity contribution in [1.82, 2.24) is 9.55 Å². The average molecular weight is 459 g/mol. The van der Waals surface area contributed by atoms with Gasteiger partial charge in [-0.25, -0.2) is 4.98 Å². The van der Waals surface area contributed by atoms with Gasteiger partial charge in [-0.2, -0.15) is 0 Å². The highest BCUT2D eigenvalue weighted by molar-refractivity contribution is 7.18. The lowest BCUT2D eigenvalue weighted by molar-refractivity contribution is -0.404. The fourth-order valence-corrected chi connectivity index (χ4v) is 4.25. The van der Waals surface area contributed by atoms with E-state index in [9.17, 15) is 30.3 Å². The first-order valence-corrected chi connectivity index (χ1v) is 10.0. The molecule has 2 aromatic carbocycles. The molecule has 2 aromatic heterocycles. The summed E-state index contributed by atoms with van der Waals surface area (Å²) in [6.07, 6.45) is 0. The van der Waals surface area contributed by atoms with Crippen LogP contribution in [0.15, 0.2) is 30.3 Å². The molecule has 4 aromatic rings. The maximum Gasteiger partial charge on any atom is 0.324 e. The van der Waals surface area contributed by atoms with Crippen molar-refractivity contribution in [3.8, 4) is 5.75 Å². The molecule has 0 atom stereocenters. The molecule has 0 radical (unpaired) electrons. The largest absolute Gasteiger partial charge is 0.497 e. The zero-order valence-electron chi connectivity index (χ0n) is 17.1. The lowest BCUT2D eigenvalue weighted by atomic mass is 10.2. The summed E-state index contributed by atoms with van der Waals surface area (Å²) in [6, 6.07) is 7.51. The number of aromatic nitrogens is 2. The summed E-state index contributed by atoms with van der Waals surface area (Å²) < 4.78 is 2.36. The number of nitro benzene ring substituents is 3. The first kappa shape index (κ1) is 22.6. The third-order valence-corrected chi connectivity index (χ3v) is 5.63. The van der Waals surface area contributed by atoms with Gasteiger partial charge in [-0.3, -0.25) is 30.3 Å². The first-order chi connectivity index (χ1) is 15.0. The summed E-state index contributed by atoms with van der Waals surface area (Å²) in [4.78, 5) is 33.7. The van der Waals surface area contributed by atoms with Crippen molar-refractivity contribution >= 4 is 49.6 Å². The number of nitro groups is 3. The monoisotopic (exact) mass is 459 g/mol. The highest BCUT2D eigenvalue weighted by atomic mass is 32.1. The van der Waals surface area contributed by atoms with Crippen molar-refractivity contribution in [2.45, 2.75) is 27.3 Å². The molecule has 166 valence electrons. The van der Waals surface area contributed by atoms with Gasteiger partial charge in [0, 0.05) is 11.9 Å². The molecule has 0 fully saturated rings. The molecule has 0 aliphatic carbocycles. The Morgan fingerprint density at radius 1 is 1.00 bits per heavy atom. The van der Waals surface area contributed by atoms with Crippen molar-refractivity contribution in [3.63, 3.8) is 0 Å². The van der Waals surface area contributed by atoms with E-state index in [4.69, 9.17) is 5.11 Å². The summed E-state index contributed by atoms with van der Waals surface area (Å²) in [5.74, 6) is -1.21. The van der Waals surface area contributed by atoms with E-state index in [-0.39, 0.29) is 0 Å². The highest BCUT2D eigenvalue weighted by Gasteiger charge is 2.30. The fraction of sp³-hybridized carbons (Fsp3) is 0.211. The molecule has 32 heavy (non-hydrogen) atoms. The van der Waals surface area contributed by atoms with Crippen LogP contribution < -0.4 is 0 Å². The Hall–Kier alpha value is -4.13. The minimum Gasteiger partial charge on any atom is -0.497 e. The number of non-ortho nitro benzene ring substituents is 1.